The molecule has 0 amide bonds. The smallest absolute Gasteiger partial charge is 0.129 e. The van der Waals surface area contributed by atoms with Gasteiger partial charge in [0.25, 0.3) is 0 Å². The van der Waals surface area contributed by atoms with E-state index in [0.29, 0.717) is 5.92 Å². The SMILES string of the molecule is CC1C2C(c3cc(-n4c5ccccc5c5cc6c7c8ccccc8ccc7n(-c7ccccc7)c6cc54)cc4ccccc34)NC(c3cccc(-c4ccccc4)c3)=NC12c1ccccc1. The van der Waals surface area contributed by atoms with Gasteiger partial charge in [-0.2, -0.15) is 0 Å². The van der Waals surface area contributed by atoms with Crippen LogP contribution >= 0.6 is 0 Å². The summed E-state index contributed by atoms with van der Waals surface area (Å²) < 4.78 is 4.98. The van der Waals surface area contributed by atoms with Gasteiger partial charge in [-0.05, 0) is 104 Å². The molecule has 0 spiro atoms. The number of nitrogens with zero attached hydrogens (tertiary/aromatic N) is 3. The molecule has 2 aliphatic rings. The van der Waals surface area contributed by atoms with E-state index in [0.717, 1.165) is 22.8 Å². The standard InChI is InChI=1S/C62H44N4/c1-39-59-60(63-61(64-62(39,59)45-24-7-3-8-25-45)44-23-17-22-42(34-44)40-18-5-2-6-19-40)52-36-47(35-43-21-12-13-28-48(43)52)66-54-31-16-15-30-50(54)51-37-53-57(38-56(51)66)65(46-26-9-4-10-27-46)55-33-32-41-20-11-14-29-49(41)58(53)55/h2-39,59-60H,1H3,(H,63,64). The van der Waals surface area contributed by atoms with E-state index < -0.39 is 0 Å². The number of hydrogen-bond acceptors (Lipinski definition) is 2. The normalized spacial score (nSPS) is 19.1. The third kappa shape index (κ3) is 5.36. The van der Waals surface area contributed by atoms with E-state index in [2.05, 4.69) is 246 Å². The molecule has 1 N–H and O–H groups in total. The number of para-hydroxylation sites is 2. The zero-order valence-electron chi connectivity index (χ0n) is 36.4. The van der Waals surface area contributed by atoms with Crippen LogP contribution in [-0.4, -0.2) is 15.0 Å². The maximum absolute atomic E-state index is 5.75. The first-order valence-corrected chi connectivity index (χ1v) is 23.2. The molecule has 4 atom stereocenters. The van der Waals surface area contributed by atoms with Crippen molar-refractivity contribution in [1.82, 2.24) is 14.5 Å². The molecule has 10 aromatic carbocycles. The van der Waals surface area contributed by atoms with Crippen LogP contribution in [0.2, 0.25) is 0 Å². The highest BCUT2D eigenvalue weighted by Crippen LogP contribution is 2.67. The maximum Gasteiger partial charge on any atom is 0.129 e. The Morgan fingerprint density at radius 3 is 1.88 bits per heavy atom. The number of amidine groups is 1. The lowest BCUT2D eigenvalue weighted by Gasteiger charge is -2.31. The summed E-state index contributed by atoms with van der Waals surface area (Å²) in [5.41, 5.74) is 12.8. The molecule has 0 saturated heterocycles. The lowest BCUT2D eigenvalue weighted by molar-refractivity contribution is 0.473. The minimum absolute atomic E-state index is 0.00775. The van der Waals surface area contributed by atoms with Crippen molar-refractivity contribution >= 4 is 71.0 Å². The summed E-state index contributed by atoms with van der Waals surface area (Å²) in [7, 11) is 0. The highest BCUT2D eigenvalue weighted by molar-refractivity contribution is 6.25. The summed E-state index contributed by atoms with van der Waals surface area (Å²) in [6.07, 6.45) is 0. The largest absolute Gasteiger partial charge is 0.363 e. The molecule has 66 heavy (non-hydrogen) atoms. The van der Waals surface area contributed by atoms with Crippen molar-refractivity contribution in [3.05, 3.63) is 241 Å². The molecule has 4 unspecified atom stereocenters. The zero-order valence-corrected chi connectivity index (χ0v) is 36.4. The Morgan fingerprint density at radius 2 is 1.06 bits per heavy atom. The first-order valence-electron chi connectivity index (χ1n) is 23.2. The fourth-order valence-corrected chi connectivity index (χ4v) is 12.0. The van der Waals surface area contributed by atoms with Crippen LogP contribution in [0.4, 0.5) is 0 Å². The van der Waals surface area contributed by atoms with E-state index in [9.17, 15) is 0 Å². The summed E-state index contributed by atoms with van der Waals surface area (Å²) in [5, 5.41) is 14.2. The van der Waals surface area contributed by atoms with Crippen molar-refractivity contribution in [1.29, 1.82) is 0 Å². The Hall–Kier alpha value is -8.21. The predicted octanol–water partition coefficient (Wildman–Crippen LogP) is 15.1. The summed E-state index contributed by atoms with van der Waals surface area (Å²) in [6.45, 7) is 2.40. The lowest BCUT2D eigenvalue weighted by atomic mass is 9.89. The topological polar surface area (TPSA) is 34.2 Å². The van der Waals surface area contributed by atoms with E-state index in [1.165, 1.54) is 87.4 Å². The Kier molecular flexibility index (Phi) is 7.97. The van der Waals surface area contributed by atoms with Crippen LogP contribution in [0.5, 0.6) is 0 Å². The van der Waals surface area contributed by atoms with Gasteiger partial charge in [-0.15, -0.1) is 0 Å². The summed E-state index contributed by atoms with van der Waals surface area (Å²) in [5.74, 6) is 1.50. The molecule has 1 saturated carbocycles. The predicted molar refractivity (Wildman–Crippen MR) is 275 cm³/mol. The van der Waals surface area contributed by atoms with Crippen molar-refractivity contribution < 1.29 is 0 Å². The molecular formula is C62H44N4. The molecule has 4 nitrogen and oxygen atoms in total. The molecule has 12 aromatic rings. The number of fused-ring (bicyclic) bond motifs is 10. The van der Waals surface area contributed by atoms with Gasteiger partial charge < -0.3 is 14.5 Å². The van der Waals surface area contributed by atoms with Crippen molar-refractivity contribution in [3.8, 4) is 22.5 Å². The third-order valence-corrected chi connectivity index (χ3v) is 15.0. The molecule has 4 heteroatoms. The van der Waals surface area contributed by atoms with Crippen LogP contribution in [0.3, 0.4) is 0 Å². The van der Waals surface area contributed by atoms with Gasteiger partial charge in [0.05, 0.1) is 33.6 Å². The third-order valence-electron chi connectivity index (χ3n) is 15.0. The Labute approximate surface area is 382 Å². The summed E-state index contributed by atoms with van der Waals surface area (Å²) in [4.78, 5) is 5.75. The van der Waals surface area contributed by atoms with Crippen LogP contribution in [0.1, 0.15) is 29.7 Å². The van der Waals surface area contributed by atoms with Gasteiger partial charge in [-0.3, -0.25) is 4.99 Å². The summed E-state index contributed by atoms with van der Waals surface area (Å²) >= 11 is 0. The molecule has 0 radical (unpaired) electrons. The van der Waals surface area contributed by atoms with Crippen LogP contribution in [0, 0.1) is 11.8 Å². The second kappa shape index (κ2) is 14.1. The molecule has 14 rings (SSSR count). The minimum Gasteiger partial charge on any atom is -0.363 e. The first-order chi connectivity index (χ1) is 32.6. The van der Waals surface area contributed by atoms with Crippen LogP contribution in [0.25, 0.3) is 87.7 Å². The van der Waals surface area contributed by atoms with Crippen molar-refractivity contribution in [2.75, 3.05) is 0 Å². The number of aliphatic imine (C=N–C) groups is 1. The van der Waals surface area contributed by atoms with Gasteiger partial charge in [0, 0.05) is 44.4 Å². The van der Waals surface area contributed by atoms with Gasteiger partial charge >= 0.3 is 0 Å². The van der Waals surface area contributed by atoms with E-state index in [-0.39, 0.29) is 17.5 Å². The lowest BCUT2D eigenvalue weighted by Crippen LogP contribution is -2.38. The fraction of sp³-hybridized carbons (Fsp3) is 0.0806. The highest BCUT2D eigenvalue weighted by atomic mass is 15.2. The van der Waals surface area contributed by atoms with Crippen LogP contribution in [0.15, 0.2) is 229 Å². The van der Waals surface area contributed by atoms with Gasteiger partial charge in [-0.1, -0.05) is 177 Å². The molecule has 312 valence electrons. The molecule has 1 aliphatic heterocycles. The summed E-state index contributed by atoms with van der Waals surface area (Å²) in [6, 6.07) is 82.5. The Bertz CT molecular complexity index is 3940. The number of nitrogens with one attached hydrogen (secondary N) is 1. The average Bonchev–Trinajstić information content (AvgIpc) is 3.68. The Morgan fingerprint density at radius 1 is 0.424 bits per heavy atom. The van der Waals surface area contributed by atoms with Gasteiger partial charge in [0.1, 0.15) is 5.84 Å². The maximum atomic E-state index is 5.75. The average molecular weight is 845 g/mol. The monoisotopic (exact) mass is 844 g/mol. The van der Waals surface area contributed by atoms with E-state index in [1.54, 1.807) is 0 Å². The van der Waals surface area contributed by atoms with Gasteiger partial charge in [0.2, 0.25) is 0 Å². The molecular weight excluding hydrogens is 801 g/mol. The molecule has 0 bridgehead atoms. The first kappa shape index (κ1) is 37.2. The second-order valence-corrected chi connectivity index (χ2v) is 18.4. The molecule has 2 aromatic heterocycles. The zero-order chi connectivity index (χ0) is 43.5. The van der Waals surface area contributed by atoms with Crippen molar-refractivity contribution in [2.24, 2.45) is 16.8 Å². The van der Waals surface area contributed by atoms with E-state index >= 15 is 0 Å². The molecule has 1 aliphatic carbocycles. The van der Waals surface area contributed by atoms with Crippen LogP contribution in [-0.2, 0) is 5.54 Å². The van der Waals surface area contributed by atoms with Crippen LogP contribution < -0.4 is 5.32 Å². The van der Waals surface area contributed by atoms with Crippen molar-refractivity contribution in [3.63, 3.8) is 0 Å². The number of benzene rings is 10. The fourth-order valence-electron chi connectivity index (χ4n) is 12.0. The Balaban J connectivity index is 1.02. The number of aromatic nitrogens is 2. The minimum atomic E-state index is -0.361. The quantitative estimate of drug-likeness (QED) is 0.178. The molecule has 3 heterocycles. The van der Waals surface area contributed by atoms with E-state index in [4.69, 9.17) is 4.99 Å². The van der Waals surface area contributed by atoms with Gasteiger partial charge in [-0.25, -0.2) is 0 Å². The van der Waals surface area contributed by atoms with Crippen molar-refractivity contribution in [2.45, 2.75) is 18.5 Å². The highest BCUT2D eigenvalue weighted by Gasteiger charge is 2.68. The molecule has 1 fully saturated rings. The number of rotatable bonds is 6. The number of hydrogen-bond donors (Lipinski definition) is 1. The van der Waals surface area contributed by atoms with Gasteiger partial charge in [0.15, 0.2) is 0 Å². The second-order valence-electron chi connectivity index (χ2n) is 18.4. The van der Waals surface area contributed by atoms with E-state index in [1.807, 2.05) is 0 Å².